The Bertz CT molecular complexity index is 5910. The summed E-state index contributed by atoms with van der Waals surface area (Å²) in [7, 11) is 0. The molecule has 4 heterocycles. The first kappa shape index (κ1) is 60.4. The molecule has 0 fully saturated rings. The highest BCUT2D eigenvalue weighted by Gasteiger charge is 2.48. The highest BCUT2D eigenvalue weighted by molar-refractivity contribution is 7.02. The van der Waals surface area contributed by atoms with E-state index in [0.717, 1.165) is 174 Å². The maximum atomic E-state index is 8.08. The lowest BCUT2D eigenvalue weighted by molar-refractivity contribution is 0.487. The maximum Gasteiger partial charge on any atom is 0.256 e. The molecule has 486 valence electrons. The third kappa shape index (κ3) is 10.0. The summed E-state index contributed by atoms with van der Waals surface area (Å²) in [5, 5.41) is 0. The van der Waals surface area contributed by atoms with Crippen molar-refractivity contribution in [2.24, 2.45) is 0 Å². The van der Waals surface area contributed by atoms with Crippen molar-refractivity contribution in [1.29, 1.82) is 0 Å². The molecule has 4 aliphatic heterocycles. The van der Waals surface area contributed by atoms with Crippen molar-refractivity contribution in [3.05, 3.63) is 388 Å². The Morgan fingerprint density at radius 1 is 0.212 bits per heavy atom. The third-order valence-electron chi connectivity index (χ3n) is 21.1. The fourth-order valence-electron chi connectivity index (χ4n) is 16.7. The van der Waals surface area contributed by atoms with Crippen LogP contribution in [-0.2, 0) is 0 Å². The standard InChI is InChI=1S/C96H64B2N4O2/c1-8-33-65(34-9-1)74-47-22-27-54-83(74)99(70-43-18-6-19-44-70)72-59-88-94-93(62-72)104-91-64-87-81(63-82(91)97(94)79-52-25-30-57-86(79)101(88)85-56-29-24-49-76(85)67-37-12-3-13-38-67)98-80-53-26-31-58-90(80)103-92-61-73(100(71-45-20-7-21-46-71)84-55-28-23-48-75(84)66-35-10-2-11-36-66)60-89(95(92)98)102(87)96-77(68-39-14-4-15-40-68)50-32-51-78(96)69-41-16-5-17-42-69/h1-64H. The van der Waals surface area contributed by atoms with Crippen LogP contribution in [0, 0.1) is 0 Å². The second-order valence-electron chi connectivity index (χ2n) is 27.0. The van der Waals surface area contributed by atoms with Crippen LogP contribution in [-0.4, -0.2) is 13.4 Å². The molecule has 0 bridgehead atoms. The van der Waals surface area contributed by atoms with Gasteiger partial charge in [-0.3, -0.25) is 0 Å². The minimum Gasteiger partial charge on any atom is -0.458 e. The van der Waals surface area contributed by atoms with Gasteiger partial charge in [0.1, 0.15) is 23.0 Å². The smallest absolute Gasteiger partial charge is 0.256 e. The highest BCUT2D eigenvalue weighted by atomic mass is 16.5. The Labute approximate surface area is 606 Å². The summed E-state index contributed by atoms with van der Waals surface area (Å²) in [6, 6.07) is 141. The minimum absolute atomic E-state index is 0.284. The Kier molecular flexibility index (Phi) is 14.7. The summed E-state index contributed by atoms with van der Waals surface area (Å²) >= 11 is 0. The van der Waals surface area contributed by atoms with Crippen molar-refractivity contribution in [3.8, 4) is 78.6 Å². The predicted molar refractivity (Wildman–Crippen MR) is 435 cm³/mol. The molecule has 0 N–H and O–H groups in total. The van der Waals surface area contributed by atoms with Crippen molar-refractivity contribution < 1.29 is 9.47 Å². The zero-order valence-electron chi connectivity index (χ0n) is 56.7. The summed E-state index contributed by atoms with van der Waals surface area (Å²) in [4.78, 5) is 9.90. The van der Waals surface area contributed by atoms with Crippen LogP contribution in [0.4, 0.5) is 68.2 Å². The molecular formula is C96H64B2N4O2. The molecule has 16 aromatic carbocycles. The van der Waals surface area contributed by atoms with Crippen LogP contribution in [0.5, 0.6) is 23.0 Å². The lowest BCUT2D eigenvalue weighted by Crippen LogP contribution is -2.63. The molecule has 0 radical (unpaired) electrons. The van der Waals surface area contributed by atoms with E-state index >= 15 is 0 Å². The average molecular weight is 1330 g/mol. The second-order valence-corrected chi connectivity index (χ2v) is 27.0. The Hall–Kier alpha value is -13.6. The van der Waals surface area contributed by atoms with Crippen molar-refractivity contribution in [1.82, 2.24) is 0 Å². The van der Waals surface area contributed by atoms with Crippen molar-refractivity contribution in [2.45, 2.75) is 0 Å². The Balaban J connectivity index is 0.889. The molecule has 0 saturated carbocycles. The second kappa shape index (κ2) is 25.3. The lowest BCUT2D eigenvalue weighted by atomic mass is 9.31. The summed E-state index contributed by atoms with van der Waals surface area (Å²) in [5.74, 6) is 3.16. The van der Waals surface area contributed by atoms with E-state index in [4.69, 9.17) is 9.47 Å². The van der Waals surface area contributed by atoms with Crippen LogP contribution in [0.15, 0.2) is 388 Å². The van der Waals surface area contributed by atoms with Crippen LogP contribution in [0.2, 0.25) is 0 Å². The third-order valence-corrected chi connectivity index (χ3v) is 21.1. The van der Waals surface area contributed by atoms with Gasteiger partial charge in [-0.25, -0.2) is 0 Å². The summed E-state index contributed by atoms with van der Waals surface area (Å²) in [6.45, 7) is -0.574. The van der Waals surface area contributed by atoms with E-state index in [0.29, 0.717) is 0 Å². The van der Waals surface area contributed by atoms with Crippen LogP contribution in [0.3, 0.4) is 0 Å². The molecule has 0 aromatic heterocycles. The molecule has 0 unspecified atom stereocenters. The molecule has 8 heteroatoms. The van der Waals surface area contributed by atoms with Gasteiger partial charge in [0.05, 0.1) is 34.1 Å². The number of hydrogen-bond acceptors (Lipinski definition) is 6. The Morgan fingerprint density at radius 3 is 1.11 bits per heavy atom. The fraction of sp³-hybridized carbons (Fsp3) is 0. The quantitative estimate of drug-likeness (QED) is 0.107. The molecule has 20 rings (SSSR count). The van der Waals surface area contributed by atoms with Crippen molar-refractivity contribution in [3.63, 3.8) is 0 Å². The van der Waals surface area contributed by atoms with E-state index < -0.39 is 0 Å². The summed E-state index contributed by atoms with van der Waals surface area (Å²) in [5.41, 5.74) is 29.9. The lowest BCUT2D eigenvalue weighted by Gasteiger charge is -2.44. The number of benzene rings is 16. The minimum atomic E-state index is -0.290. The summed E-state index contributed by atoms with van der Waals surface area (Å²) < 4.78 is 15.6. The number of hydrogen-bond donors (Lipinski definition) is 0. The van der Waals surface area contributed by atoms with E-state index in [-0.39, 0.29) is 13.4 Å². The van der Waals surface area contributed by atoms with Crippen molar-refractivity contribution >= 4 is 114 Å². The van der Waals surface area contributed by atoms with E-state index in [1.54, 1.807) is 0 Å². The SMILES string of the molecule is c1ccc(-c2ccccc2N(c2ccccc2)c2cc3c4c(c2)N(c2ccccc2-c2ccccc2)c2ccccc2B4c2cc4c(cc2O3)N(c2c(-c3ccccc3)cccc2-c2ccccc2)c2cc(N(c3ccccc3)c3ccccc3-c3ccccc3)cc3c2B4c2ccccc2O3)cc1. The van der Waals surface area contributed by atoms with E-state index in [1.807, 2.05) is 0 Å². The molecule has 0 amide bonds. The van der Waals surface area contributed by atoms with E-state index in [9.17, 15) is 0 Å². The van der Waals surface area contributed by atoms with Crippen LogP contribution >= 0.6 is 0 Å². The zero-order valence-corrected chi connectivity index (χ0v) is 56.7. The molecule has 0 aliphatic carbocycles. The first-order valence-corrected chi connectivity index (χ1v) is 35.7. The van der Waals surface area contributed by atoms with Crippen LogP contribution in [0.25, 0.3) is 55.6 Å². The monoisotopic (exact) mass is 1330 g/mol. The number of para-hydroxylation sites is 8. The first-order chi connectivity index (χ1) is 51.6. The molecule has 4 aliphatic rings. The number of rotatable bonds is 13. The highest BCUT2D eigenvalue weighted by Crippen LogP contribution is 2.54. The topological polar surface area (TPSA) is 31.4 Å². The van der Waals surface area contributed by atoms with Gasteiger partial charge in [0.15, 0.2) is 0 Å². The molecule has 0 saturated heterocycles. The molecule has 104 heavy (non-hydrogen) atoms. The van der Waals surface area contributed by atoms with E-state index in [1.165, 1.54) is 5.46 Å². The zero-order chi connectivity index (χ0) is 68.6. The average Bonchev–Trinajstić information content (AvgIpc) is 0.690. The van der Waals surface area contributed by atoms with Gasteiger partial charge in [-0.05, 0) is 127 Å². The summed E-state index contributed by atoms with van der Waals surface area (Å²) in [6.07, 6.45) is 0. The molecular weight excluding hydrogens is 1260 g/mol. The van der Waals surface area contributed by atoms with E-state index in [2.05, 4.69) is 408 Å². The molecule has 6 nitrogen and oxygen atoms in total. The van der Waals surface area contributed by atoms with Gasteiger partial charge in [-0.2, -0.15) is 0 Å². The van der Waals surface area contributed by atoms with Gasteiger partial charge < -0.3 is 29.1 Å². The van der Waals surface area contributed by atoms with Gasteiger partial charge in [-0.15, -0.1) is 0 Å². The Morgan fingerprint density at radius 2 is 0.587 bits per heavy atom. The van der Waals surface area contributed by atoms with Gasteiger partial charge in [0.2, 0.25) is 0 Å². The largest absolute Gasteiger partial charge is 0.458 e. The maximum absolute atomic E-state index is 8.08. The normalized spacial score (nSPS) is 12.5. The number of ether oxygens (including phenoxy) is 2. The number of nitrogens with zero attached hydrogens (tertiary/aromatic N) is 4. The van der Waals surface area contributed by atoms with Gasteiger partial charge in [0.25, 0.3) is 13.4 Å². The number of fused-ring (bicyclic) bond motifs is 8. The van der Waals surface area contributed by atoms with Crippen LogP contribution in [0.1, 0.15) is 0 Å². The van der Waals surface area contributed by atoms with Crippen molar-refractivity contribution in [2.75, 3.05) is 19.6 Å². The fourth-order valence-corrected chi connectivity index (χ4v) is 16.7. The number of anilines is 12. The molecule has 0 spiro atoms. The first-order valence-electron chi connectivity index (χ1n) is 35.7. The van der Waals surface area contributed by atoms with Gasteiger partial charge >= 0.3 is 0 Å². The van der Waals surface area contributed by atoms with Gasteiger partial charge in [-0.1, -0.05) is 303 Å². The van der Waals surface area contributed by atoms with Crippen LogP contribution < -0.4 is 61.9 Å². The molecule has 16 aromatic rings. The molecule has 0 atom stereocenters. The predicted octanol–water partition coefficient (Wildman–Crippen LogP) is 21.8. The van der Waals surface area contributed by atoms with Gasteiger partial charge in [0, 0.05) is 80.1 Å².